The Labute approximate surface area is 133 Å². The summed E-state index contributed by atoms with van der Waals surface area (Å²) in [4.78, 5) is 12.5. The number of fused-ring (bicyclic) bond motifs is 2. The van der Waals surface area contributed by atoms with Crippen molar-refractivity contribution in [2.75, 3.05) is 0 Å². The third-order valence-corrected chi connectivity index (χ3v) is 5.16. The lowest BCUT2D eigenvalue weighted by Crippen LogP contribution is -2.35. The topological polar surface area (TPSA) is 38.3 Å². The van der Waals surface area contributed by atoms with Gasteiger partial charge in [0.2, 0.25) is 5.91 Å². The Balaban J connectivity index is 1.61. The second kappa shape index (κ2) is 6.31. The van der Waals surface area contributed by atoms with Gasteiger partial charge in [-0.2, -0.15) is 0 Å². The van der Waals surface area contributed by atoms with Crippen LogP contribution in [0.3, 0.4) is 0 Å². The predicted octanol–water partition coefficient (Wildman–Crippen LogP) is 4.09. The Bertz CT molecular complexity index is 540. The van der Waals surface area contributed by atoms with Crippen molar-refractivity contribution in [3.63, 3.8) is 0 Å². The number of benzene rings is 1. The summed E-state index contributed by atoms with van der Waals surface area (Å²) in [5.74, 6) is 2.80. The van der Waals surface area contributed by atoms with Crippen molar-refractivity contribution < 1.29 is 9.53 Å². The molecule has 2 aliphatic rings. The number of hydrogen-bond acceptors (Lipinski definition) is 2. The van der Waals surface area contributed by atoms with E-state index in [1.54, 1.807) is 0 Å². The Morgan fingerprint density at radius 2 is 2.05 bits per heavy atom. The molecule has 0 aromatic heterocycles. The van der Waals surface area contributed by atoms with Gasteiger partial charge >= 0.3 is 0 Å². The first-order valence-corrected chi connectivity index (χ1v) is 8.60. The molecule has 2 aliphatic carbocycles. The van der Waals surface area contributed by atoms with Gasteiger partial charge in [0, 0.05) is 5.92 Å². The molecular formula is C19H27NO2. The van der Waals surface area contributed by atoms with Crippen molar-refractivity contribution in [2.45, 2.75) is 58.6 Å². The molecular weight excluding hydrogens is 274 g/mol. The largest absolute Gasteiger partial charge is 0.491 e. The molecule has 0 saturated heterocycles. The molecule has 120 valence electrons. The number of carbonyl (C=O) groups excluding carboxylic acids is 1. The van der Waals surface area contributed by atoms with Crippen LogP contribution in [0.1, 0.15) is 58.1 Å². The summed E-state index contributed by atoms with van der Waals surface area (Å²) in [6.45, 7) is 6.10. The lowest BCUT2D eigenvalue weighted by atomic mass is 9.88. The predicted molar refractivity (Wildman–Crippen MR) is 87.7 cm³/mol. The van der Waals surface area contributed by atoms with Crippen molar-refractivity contribution in [3.05, 3.63) is 29.8 Å². The average molecular weight is 301 g/mol. The summed E-state index contributed by atoms with van der Waals surface area (Å²) in [6.07, 6.45) is 5.10. The van der Waals surface area contributed by atoms with Gasteiger partial charge in [0.05, 0.1) is 12.1 Å². The van der Waals surface area contributed by atoms with Crippen molar-refractivity contribution in [1.82, 2.24) is 5.32 Å². The maximum absolute atomic E-state index is 12.5. The van der Waals surface area contributed by atoms with Gasteiger partial charge < -0.3 is 10.1 Å². The molecule has 1 aromatic rings. The fourth-order valence-corrected chi connectivity index (χ4v) is 4.10. The zero-order valence-electron chi connectivity index (χ0n) is 13.8. The second-order valence-corrected chi connectivity index (χ2v) is 7.25. The van der Waals surface area contributed by atoms with Crippen molar-refractivity contribution in [3.8, 4) is 5.75 Å². The zero-order valence-corrected chi connectivity index (χ0v) is 13.8. The molecule has 3 heteroatoms. The summed E-state index contributed by atoms with van der Waals surface area (Å²) in [5, 5.41) is 3.21. The zero-order chi connectivity index (χ0) is 15.7. The first-order chi connectivity index (χ1) is 10.5. The van der Waals surface area contributed by atoms with Gasteiger partial charge in [-0.3, -0.25) is 4.79 Å². The van der Waals surface area contributed by atoms with Crippen LogP contribution in [-0.2, 0) is 4.79 Å². The highest BCUT2D eigenvalue weighted by molar-refractivity contribution is 5.80. The maximum atomic E-state index is 12.5. The van der Waals surface area contributed by atoms with Crippen molar-refractivity contribution in [2.24, 2.45) is 17.8 Å². The van der Waals surface area contributed by atoms with E-state index in [-0.39, 0.29) is 24.0 Å². The average Bonchev–Trinajstić information content (AvgIpc) is 3.09. The van der Waals surface area contributed by atoms with Crippen LogP contribution in [0.25, 0.3) is 0 Å². The van der Waals surface area contributed by atoms with Crippen LogP contribution in [0.4, 0.5) is 0 Å². The SMILES string of the molecule is CC(C)Oc1cccc([C@@H](C)NC(=O)[C@@H]2C[C@H]3CC[C@H]2C3)c1. The molecule has 0 aliphatic heterocycles. The lowest BCUT2D eigenvalue weighted by molar-refractivity contribution is -0.127. The van der Waals surface area contributed by atoms with Gasteiger partial charge in [-0.25, -0.2) is 0 Å². The molecule has 1 N–H and O–H groups in total. The lowest BCUT2D eigenvalue weighted by Gasteiger charge is -2.23. The van der Waals surface area contributed by atoms with E-state index in [1.165, 1.54) is 19.3 Å². The fourth-order valence-electron chi connectivity index (χ4n) is 4.10. The molecule has 0 radical (unpaired) electrons. The monoisotopic (exact) mass is 301 g/mol. The Hall–Kier alpha value is -1.51. The molecule has 22 heavy (non-hydrogen) atoms. The van der Waals surface area contributed by atoms with Gasteiger partial charge in [0.15, 0.2) is 0 Å². The fraction of sp³-hybridized carbons (Fsp3) is 0.632. The van der Waals surface area contributed by atoms with E-state index in [4.69, 9.17) is 4.74 Å². The van der Waals surface area contributed by atoms with Gasteiger partial charge in [0.25, 0.3) is 0 Å². The van der Waals surface area contributed by atoms with Gasteiger partial charge in [-0.15, -0.1) is 0 Å². The first kappa shape index (κ1) is 15.4. The summed E-state index contributed by atoms with van der Waals surface area (Å²) < 4.78 is 5.74. The number of nitrogens with one attached hydrogen (secondary N) is 1. The van der Waals surface area contributed by atoms with E-state index < -0.39 is 0 Å². The second-order valence-electron chi connectivity index (χ2n) is 7.25. The van der Waals surface area contributed by atoms with E-state index in [9.17, 15) is 4.79 Å². The van der Waals surface area contributed by atoms with Crippen LogP contribution in [0.15, 0.2) is 24.3 Å². The third kappa shape index (κ3) is 3.29. The number of rotatable bonds is 5. The van der Waals surface area contributed by atoms with Gasteiger partial charge in [0.1, 0.15) is 5.75 Å². The molecule has 0 heterocycles. The summed E-state index contributed by atoms with van der Waals surface area (Å²) in [5.41, 5.74) is 1.11. The Morgan fingerprint density at radius 1 is 1.23 bits per heavy atom. The molecule has 3 rings (SSSR count). The molecule has 2 bridgehead atoms. The number of amides is 1. The normalized spacial score (nSPS) is 27.9. The number of ether oxygens (including phenoxy) is 1. The van der Waals surface area contributed by atoms with E-state index in [2.05, 4.69) is 18.3 Å². The minimum absolute atomic E-state index is 0.0299. The highest BCUT2D eigenvalue weighted by atomic mass is 16.5. The molecule has 1 aromatic carbocycles. The quantitative estimate of drug-likeness (QED) is 0.889. The van der Waals surface area contributed by atoms with Gasteiger partial charge in [-0.1, -0.05) is 18.6 Å². The standard InChI is InChI=1S/C19H27NO2/c1-12(2)22-17-6-4-5-15(11-17)13(3)20-19(21)18-10-14-7-8-16(18)9-14/h4-6,11-14,16,18H,7-10H2,1-3H3,(H,20,21)/t13-,14+,16+,18-/m1/s1. The third-order valence-electron chi connectivity index (χ3n) is 5.16. The molecule has 0 spiro atoms. The number of carbonyl (C=O) groups is 1. The summed E-state index contributed by atoms with van der Waals surface area (Å²) in [6, 6.07) is 8.08. The highest BCUT2D eigenvalue weighted by Gasteiger charge is 2.43. The van der Waals surface area contributed by atoms with E-state index in [0.29, 0.717) is 5.92 Å². The smallest absolute Gasteiger partial charge is 0.223 e. The minimum Gasteiger partial charge on any atom is -0.491 e. The minimum atomic E-state index is 0.0299. The summed E-state index contributed by atoms with van der Waals surface area (Å²) in [7, 11) is 0. The molecule has 4 atom stereocenters. The highest BCUT2D eigenvalue weighted by Crippen LogP contribution is 2.48. The first-order valence-electron chi connectivity index (χ1n) is 8.60. The number of hydrogen-bond donors (Lipinski definition) is 1. The van der Waals surface area contributed by atoms with E-state index >= 15 is 0 Å². The van der Waals surface area contributed by atoms with Crippen LogP contribution in [0, 0.1) is 17.8 Å². The van der Waals surface area contributed by atoms with E-state index in [1.807, 2.05) is 32.0 Å². The summed E-state index contributed by atoms with van der Waals surface area (Å²) >= 11 is 0. The van der Waals surface area contributed by atoms with Crippen LogP contribution in [-0.4, -0.2) is 12.0 Å². The Morgan fingerprint density at radius 3 is 2.68 bits per heavy atom. The van der Waals surface area contributed by atoms with E-state index in [0.717, 1.165) is 23.7 Å². The molecule has 0 unspecified atom stereocenters. The Kier molecular flexibility index (Phi) is 4.42. The molecule has 2 saturated carbocycles. The molecule has 1 amide bonds. The molecule has 3 nitrogen and oxygen atoms in total. The van der Waals surface area contributed by atoms with Crippen LogP contribution in [0.5, 0.6) is 5.75 Å². The maximum Gasteiger partial charge on any atom is 0.223 e. The molecule has 2 fully saturated rings. The van der Waals surface area contributed by atoms with Crippen molar-refractivity contribution in [1.29, 1.82) is 0 Å². The van der Waals surface area contributed by atoms with Crippen LogP contribution < -0.4 is 10.1 Å². The van der Waals surface area contributed by atoms with Crippen LogP contribution >= 0.6 is 0 Å². The van der Waals surface area contributed by atoms with Crippen molar-refractivity contribution >= 4 is 5.91 Å². The van der Waals surface area contributed by atoms with Gasteiger partial charge in [-0.05, 0) is 69.6 Å². The van der Waals surface area contributed by atoms with Crippen LogP contribution in [0.2, 0.25) is 0 Å².